The predicted molar refractivity (Wildman–Crippen MR) is 86.4 cm³/mol. The second-order valence-electron chi connectivity index (χ2n) is 5.67. The van der Waals surface area contributed by atoms with Crippen LogP contribution in [0.2, 0.25) is 0 Å². The summed E-state index contributed by atoms with van der Waals surface area (Å²) >= 11 is 0. The van der Waals surface area contributed by atoms with Crippen molar-refractivity contribution in [3.05, 3.63) is 34.4 Å². The largest absolute Gasteiger partial charge is 0.467 e. The number of aliphatic hydroxyl groups excluding tert-OH is 1. The summed E-state index contributed by atoms with van der Waals surface area (Å²) in [6, 6.07) is 2.87. The highest BCUT2D eigenvalue weighted by Crippen LogP contribution is 2.37. The van der Waals surface area contributed by atoms with Crippen molar-refractivity contribution >= 4 is 27.6 Å². The van der Waals surface area contributed by atoms with E-state index in [1.54, 1.807) is 0 Å². The van der Waals surface area contributed by atoms with Crippen molar-refractivity contribution in [2.24, 2.45) is 0 Å². The Hall–Kier alpha value is -2.57. The van der Waals surface area contributed by atoms with Crippen LogP contribution >= 0.6 is 0 Å². The van der Waals surface area contributed by atoms with Gasteiger partial charge >= 0.3 is 5.97 Å². The van der Waals surface area contributed by atoms with Crippen LogP contribution in [0, 0.1) is 10.1 Å². The van der Waals surface area contributed by atoms with Gasteiger partial charge in [0.2, 0.25) is 15.9 Å². The molecule has 12 heteroatoms. The number of nitrogens with one attached hydrogen (secondary N) is 2. The van der Waals surface area contributed by atoms with Crippen molar-refractivity contribution in [3.63, 3.8) is 0 Å². The molecule has 3 N–H and O–H groups in total. The van der Waals surface area contributed by atoms with Gasteiger partial charge in [-0.05, 0) is 25.0 Å². The fraction of sp³-hybridized carbons (Fsp3) is 0.429. The zero-order valence-electron chi connectivity index (χ0n) is 13.7. The number of methoxy groups -OCH3 is 1. The number of hydrogen-bond donors (Lipinski definition) is 3. The monoisotopic (exact) mass is 387 g/mol. The fourth-order valence-electron chi connectivity index (χ4n) is 2.18. The maximum atomic E-state index is 12.4. The highest BCUT2D eigenvalue weighted by molar-refractivity contribution is 7.89. The van der Waals surface area contributed by atoms with E-state index in [0.717, 1.165) is 31.4 Å². The molecule has 1 atom stereocenters. The lowest BCUT2D eigenvalue weighted by atomic mass is 10.2. The summed E-state index contributed by atoms with van der Waals surface area (Å²) in [5.74, 6) is -1.64. The summed E-state index contributed by atoms with van der Waals surface area (Å²) in [7, 11) is -3.04. The van der Waals surface area contributed by atoms with E-state index in [1.807, 2.05) is 0 Å². The number of benzene rings is 1. The van der Waals surface area contributed by atoms with Crippen molar-refractivity contribution < 1.29 is 32.8 Å². The number of amides is 1. The number of carbonyl (C=O) groups excluding carboxylic acids is 2. The van der Waals surface area contributed by atoms with Gasteiger partial charge in [0.1, 0.15) is 5.54 Å². The minimum absolute atomic E-state index is 0.199. The Morgan fingerprint density at radius 2 is 1.92 bits per heavy atom. The number of nitro benzene ring substituents is 1. The lowest BCUT2D eigenvalue weighted by Gasteiger charge is -2.20. The van der Waals surface area contributed by atoms with E-state index in [4.69, 9.17) is 5.11 Å². The number of nitro groups is 1. The van der Waals surface area contributed by atoms with Crippen molar-refractivity contribution in [2.45, 2.75) is 29.3 Å². The number of sulfonamides is 1. The molecule has 1 aromatic carbocycles. The first kappa shape index (κ1) is 19.8. The van der Waals surface area contributed by atoms with Crippen LogP contribution in [0.25, 0.3) is 0 Å². The van der Waals surface area contributed by atoms with E-state index in [0.29, 0.717) is 0 Å². The molecule has 1 saturated carbocycles. The molecule has 1 aliphatic carbocycles. The number of carbonyl (C=O) groups is 2. The fourth-order valence-corrected chi connectivity index (χ4v) is 3.60. The molecule has 11 nitrogen and oxygen atoms in total. The van der Waals surface area contributed by atoms with E-state index in [1.165, 1.54) is 0 Å². The molecular formula is C14H17N3O8S. The van der Waals surface area contributed by atoms with Crippen molar-refractivity contribution in [1.29, 1.82) is 0 Å². The lowest BCUT2D eigenvalue weighted by Crippen LogP contribution is -2.54. The zero-order valence-corrected chi connectivity index (χ0v) is 14.5. The molecule has 0 heterocycles. The Morgan fingerprint density at radius 3 is 2.35 bits per heavy atom. The summed E-state index contributed by atoms with van der Waals surface area (Å²) < 4.78 is 31.5. The molecule has 2 rings (SSSR count). The molecule has 1 aromatic rings. The molecule has 26 heavy (non-hydrogen) atoms. The second kappa shape index (κ2) is 7.35. The summed E-state index contributed by atoms with van der Waals surface area (Å²) in [6.45, 7) is -0.705. The van der Waals surface area contributed by atoms with E-state index in [-0.39, 0.29) is 23.4 Å². The minimum Gasteiger partial charge on any atom is -0.467 e. The lowest BCUT2D eigenvalue weighted by molar-refractivity contribution is -0.384. The van der Waals surface area contributed by atoms with Crippen LogP contribution < -0.4 is 10.0 Å². The van der Waals surface area contributed by atoms with Crippen LogP contribution in [0.3, 0.4) is 0 Å². The average molecular weight is 387 g/mol. The maximum Gasteiger partial charge on any atom is 0.330 e. The van der Waals surface area contributed by atoms with Crippen LogP contribution in [0.1, 0.15) is 12.8 Å². The zero-order chi connectivity index (χ0) is 19.5. The molecule has 0 spiro atoms. The number of non-ortho nitro benzene ring substituents is 1. The van der Waals surface area contributed by atoms with Gasteiger partial charge in [0.15, 0.2) is 6.04 Å². The van der Waals surface area contributed by atoms with Gasteiger partial charge in [0, 0.05) is 12.1 Å². The SMILES string of the molecule is COC(=O)[C@H](CO)NC(=O)C1(NS(=O)(=O)c2ccc([N+](=O)[O-])cc2)CC1. The molecule has 0 saturated heterocycles. The van der Waals surface area contributed by atoms with Gasteiger partial charge in [-0.1, -0.05) is 0 Å². The molecular weight excluding hydrogens is 370 g/mol. The third-order valence-electron chi connectivity index (χ3n) is 3.85. The standard InChI is InChI=1S/C14H17N3O8S/c1-25-12(19)11(8-18)15-13(20)14(6-7-14)16-26(23,24)10-4-2-9(3-5-10)17(21)22/h2-5,11,16,18H,6-8H2,1H3,(H,15,20)/t11-/m0/s1. The molecule has 1 aliphatic rings. The van der Waals surface area contributed by atoms with Gasteiger partial charge in [0.05, 0.1) is 23.5 Å². The number of aliphatic hydroxyl groups is 1. The average Bonchev–Trinajstić information content (AvgIpc) is 3.38. The first-order chi connectivity index (χ1) is 12.1. The maximum absolute atomic E-state index is 12.4. The Morgan fingerprint density at radius 1 is 1.35 bits per heavy atom. The van der Waals surface area contributed by atoms with Gasteiger partial charge < -0.3 is 15.2 Å². The van der Waals surface area contributed by atoms with Crippen LogP contribution in [0.5, 0.6) is 0 Å². The van der Waals surface area contributed by atoms with Gasteiger partial charge in [-0.15, -0.1) is 0 Å². The predicted octanol–water partition coefficient (Wildman–Crippen LogP) is -0.944. The van der Waals surface area contributed by atoms with Gasteiger partial charge in [-0.3, -0.25) is 14.9 Å². The quantitative estimate of drug-likeness (QED) is 0.292. The molecule has 142 valence electrons. The minimum atomic E-state index is -4.12. The molecule has 1 fully saturated rings. The Labute approximate surface area is 148 Å². The third-order valence-corrected chi connectivity index (χ3v) is 5.40. The molecule has 0 radical (unpaired) electrons. The molecule has 0 aliphatic heterocycles. The van der Waals surface area contributed by atoms with E-state index in [2.05, 4.69) is 14.8 Å². The number of rotatable bonds is 8. The Bertz CT molecular complexity index is 817. The third kappa shape index (κ3) is 4.15. The smallest absolute Gasteiger partial charge is 0.330 e. The van der Waals surface area contributed by atoms with Crippen LogP contribution in [0.4, 0.5) is 5.69 Å². The number of nitrogens with zero attached hydrogens (tertiary/aromatic N) is 1. The molecule has 0 unspecified atom stereocenters. The van der Waals surface area contributed by atoms with E-state index in [9.17, 15) is 28.1 Å². The van der Waals surface area contributed by atoms with Crippen LogP contribution in [-0.2, 0) is 24.3 Å². The first-order valence-corrected chi connectivity index (χ1v) is 8.91. The molecule has 0 aromatic heterocycles. The van der Waals surface area contributed by atoms with Crippen LogP contribution in [0.15, 0.2) is 29.2 Å². The highest BCUT2D eigenvalue weighted by atomic mass is 32.2. The van der Waals surface area contributed by atoms with Crippen molar-refractivity contribution in [3.8, 4) is 0 Å². The second-order valence-corrected chi connectivity index (χ2v) is 7.35. The van der Waals surface area contributed by atoms with Gasteiger partial charge in [0.25, 0.3) is 5.69 Å². The van der Waals surface area contributed by atoms with E-state index >= 15 is 0 Å². The Balaban J connectivity index is 2.13. The van der Waals surface area contributed by atoms with Crippen molar-refractivity contribution in [1.82, 2.24) is 10.0 Å². The van der Waals surface area contributed by atoms with Gasteiger partial charge in [-0.2, -0.15) is 4.72 Å². The summed E-state index contributed by atoms with van der Waals surface area (Å²) in [5.41, 5.74) is -1.71. The number of hydrogen-bond acceptors (Lipinski definition) is 8. The normalized spacial score (nSPS) is 16.4. The van der Waals surface area contributed by atoms with Gasteiger partial charge in [-0.25, -0.2) is 13.2 Å². The summed E-state index contributed by atoms with van der Waals surface area (Å²) in [5, 5.41) is 22.0. The summed E-state index contributed by atoms with van der Waals surface area (Å²) in [6.07, 6.45) is 0.398. The van der Waals surface area contributed by atoms with E-state index < -0.39 is 45.0 Å². The Kier molecular flexibility index (Phi) is 5.59. The highest BCUT2D eigenvalue weighted by Gasteiger charge is 2.53. The molecule has 0 bridgehead atoms. The topological polar surface area (TPSA) is 165 Å². The molecule has 1 amide bonds. The number of ether oxygens (including phenoxy) is 1. The number of esters is 1. The first-order valence-electron chi connectivity index (χ1n) is 7.43. The summed E-state index contributed by atoms with van der Waals surface area (Å²) in [4.78, 5) is 33.5. The van der Waals surface area contributed by atoms with Crippen molar-refractivity contribution in [2.75, 3.05) is 13.7 Å². The van der Waals surface area contributed by atoms with Crippen LogP contribution in [-0.4, -0.2) is 55.6 Å².